The summed E-state index contributed by atoms with van der Waals surface area (Å²) in [7, 11) is 0. The van der Waals surface area contributed by atoms with E-state index < -0.39 is 0 Å². The topological polar surface area (TPSA) is 69.1 Å². The summed E-state index contributed by atoms with van der Waals surface area (Å²) < 4.78 is 0. The van der Waals surface area contributed by atoms with E-state index in [2.05, 4.69) is 10.0 Å². The predicted octanol–water partition coefficient (Wildman–Crippen LogP) is 3.76. The first-order valence-electron chi connectivity index (χ1n) is 6.81. The first-order valence-corrected chi connectivity index (χ1v) is 6.81. The van der Waals surface area contributed by atoms with Crippen molar-refractivity contribution in [3.8, 4) is 0 Å². The van der Waals surface area contributed by atoms with Crippen molar-refractivity contribution in [2.45, 2.75) is 12.8 Å². The molecule has 0 N–H and O–H groups in total. The van der Waals surface area contributed by atoms with Crippen LogP contribution in [-0.4, -0.2) is 12.5 Å². The van der Waals surface area contributed by atoms with E-state index in [4.69, 9.17) is 5.53 Å². The first kappa shape index (κ1) is 13.2. The lowest BCUT2D eigenvalue weighted by atomic mass is 10.0. The number of carbonyl (C=O) groups is 1. The van der Waals surface area contributed by atoms with Gasteiger partial charge in [-0.1, -0.05) is 41.5 Å². The number of benzene rings is 2. The van der Waals surface area contributed by atoms with Crippen LogP contribution < -0.4 is 4.90 Å². The first-order chi connectivity index (χ1) is 10.3. The smallest absolute Gasteiger partial charge is 0.237 e. The zero-order valence-electron chi connectivity index (χ0n) is 11.4. The molecule has 0 unspecified atom stereocenters. The fraction of sp³-hybridized carbons (Fsp3) is 0.188. The minimum atomic E-state index is -0.213. The quantitative estimate of drug-likeness (QED) is 0.468. The van der Waals surface area contributed by atoms with Crippen LogP contribution >= 0.6 is 0 Å². The maximum atomic E-state index is 12.5. The number of nitrogens with zero attached hydrogens (tertiary/aromatic N) is 4. The van der Waals surface area contributed by atoms with Crippen LogP contribution in [0.3, 0.4) is 0 Å². The van der Waals surface area contributed by atoms with Crippen LogP contribution in [0.5, 0.6) is 0 Å². The second-order valence-electron chi connectivity index (χ2n) is 4.88. The van der Waals surface area contributed by atoms with Gasteiger partial charge in [-0.2, -0.15) is 0 Å². The number of rotatable bonds is 2. The van der Waals surface area contributed by atoms with Crippen molar-refractivity contribution in [2.24, 2.45) is 5.11 Å². The third-order valence-electron chi connectivity index (χ3n) is 3.65. The lowest BCUT2D eigenvalue weighted by molar-refractivity contribution is -0.116. The van der Waals surface area contributed by atoms with Gasteiger partial charge >= 0.3 is 0 Å². The molecule has 0 radical (unpaired) electrons. The van der Waals surface area contributed by atoms with Crippen molar-refractivity contribution in [3.63, 3.8) is 0 Å². The van der Waals surface area contributed by atoms with Crippen molar-refractivity contribution in [2.75, 3.05) is 11.4 Å². The molecule has 0 fully saturated rings. The Morgan fingerprint density at radius 2 is 1.57 bits per heavy atom. The summed E-state index contributed by atoms with van der Waals surface area (Å²) in [6.45, 7) is -0.181. The van der Waals surface area contributed by atoms with Gasteiger partial charge in [-0.25, -0.2) is 0 Å². The molecule has 1 amide bonds. The Balaban J connectivity index is 2.15. The summed E-state index contributed by atoms with van der Waals surface area (Å²) in [6, 6.07) is 15.7. The number of anilines is 2. The highest BCUT2D eigenvalue weighted by molar-refractivity contribution is 6.03. The zero-order chi connectivity index (χ0) is 14.7. The van der Waals surface area contributed by atoms with Crippen molar-refractivity contribution >= 4 is 17.3 Å². The molecule has 0 atom stereocenters. The van der Waals surface area contributed by atoms with Gasteiger partial charge in [0, 0.05) is 4.91 Å². The lowest BCUT2D eigenvalue weighted by Crippen LogP contribution is -2.28. The Morgan fingerprint density at radius 1 is 1.05 bits per heavy atom. The molecular formula is C16H14N4O. The van der Waals surface area contributed by atoms with Crippen molar-refractivity contribution < 1.29 is 4.79 Å². The van der Waals surface area contributed by atoms with Gasteiger partial charge in [0.15, 0.2) is 0 Å². The van der Waals surface area contributed by atoms with E-state index in [1.807, 2.05) is 48.5 Å². The molecule has 0 bridgehead atoms. The number of azide groups is 1. The molecule has 1 aliphatic heterocycles. The molecule has 0 saturated heterocycles. The second-order valence-corrected chi connectivity index (χ2v) is 4.88. The Morgan fingerprint density at radius 3 is 2.10 bits per heavy atom. The van der Waals surface area contributed by atoms with Gasteiger partial charge in [0.2, 0.25) is 5.91 Å². The molecular weight excluding hydrogens is 264 g/mol. The Labute approximate surface area is 122 Å². The molecule has 0 aliphatic carbocycles. The summed E-state index contributed by atoms with van der Waals surface area (Å²) in [4.78, 5) is 16.9. The summed E-state index contributed by atoms with van der Waals surface area (Å²) in [6.07, 6.45) is 1.77. The number of hydrogen-bond acceptors (Lipinski definition) is 2. The van der Waals surface area contributed by atoms with E-state index in [0.717, 1.165) is 35.3 Å². The van der Waals surface area contributed by atoms with Gasteiger partial charge in [0.1, 0.15) is 6.54 Å². The number of hydrogen-bond donors (Lipinski definition) is 0. The van der Waals surface area contributed by atoms with Crippen molar-refractivity contribution in [1.29, 1.82) is 0 Å². The third kappa shape index (κ3) is 2.47. The lowest BCUT2D eigenvalue weighted by Gasteiger charge is -2.24. The molecule has 0 spiro atoms. The highest BCUT2D eigenvalue weighted by Crippen LogP contribution is 2.35. The molecule has 1 aliphatic rings. The third-order valence-corrected chi connectivity index (χ3v) is 3.65. The zero-order valence-corrected chi connectivity index (χ0v) is 11.4. The highest BCUT2D eigenvalue weighted by atomic mass is 16.2. The largest absolute Gasteiger partial charge is 0.280 e. The standard InChI is InChI=1S/C16H14N4O/c17-19-18-11-16(21)20-14-7-3-1-5-12(14)9-10-13-6-2-4-8-15(13)20/h1-8H,9-11H2. The average molecular weight is 278 g/mol. The summed E-state index contributed by atoms with van der Waals surface area (Å²) >= 11 is 0. The van der Waals surface area contributed by atoms with Crippen LogP contribution in [0.4, 0.5) is 11.4 Å². The van der Waals surface area contributed by atoms with Crippen LogP contribution in [0.15, 0.2) is 53.6 Å². The van der Waals surface area contributed by atoms with Crippen molar-refractivity contribution in [1.82, 2.24) is 0 Å². The molecule has 5 heteroatoms. The van der Waals surface area contributed by atoms with Crippen LogP contribution in [-0.2, 0) is 17.6 Å². The van der Waals surface area contributed by atoms with E-state index in [0.29, 0.717) is 0 Å². The van der Waals surface area contributed by atoms with E-state index in [1.54, 1.807) is 4.90 Å². The van der Waals surface area contributed by atoms with E-state index in [1.165, 1.54) is 0 Å². The van der Waals surface area contributed by atoms with Gasteiger partial charge in [0.25, 0.3) is 0 Å². The van der Waals surface area contributed by atoms with Crippen molar-refractivity contribution in [3.05, 3.63) is 70.1 Å². The molecule has 5 nitrogen and oxygen atoms in total. The van der Waals surface area contributed by atoms with Gasteiger partial charge in [-0.15, -0.1) is 0 Å². The normalized spacial score (nSPS) is 12.7. The average Bonchev–Trinajstić information content (AvgIpc) is 2.69. The Hall–Kier alpha value is -2.78. The van der Waals surface area contributed by atoms with Crippen LogP contribution in [0, 0.1) is 0 Å². The predicted molar refractivity (Wildman–Crippen MR) is 81.5 cm³/mol. The molecule has 104 valence electrons. The van der Waals surface area contributed by atoms with E-state index in [9.17, 15) is 4.79 Å². The van der Waals surface area contributed by atoms with E-state index in [-0.39, 0.29) is 12.5 Å². The monoisotopic (exact) mass is 278 g/mol. The fourth-order valence-electron chi connectivity index (χ4n) is 2.71. The van der Waals surface area contributed by atoms with Crippen LogP contribution in [0.1, 0.15) is 11.1 Å². The van der Waals surface area contributed by atoms with Gasteiger partial charge in [-0.3, -0.25) is 9.69 Å². The fourth-order valence-corrected chi connectivity index (χ4v) is 2.71. The molecule has 0 aromatic heterocycles. The summed E-state index contributed by atoms with van der Waals surface area (Å²) in [5.41, 5.74) is 12.5. The number of para-hydroxylation sites is 2. The number of carbonyl (C=O) groups excluding carboxylic acids is 1. The van der Waals surface area contributed by atoms with Crippen LogP contribution in [0.2, 0.25) is 0 Å². The molecule has 1 heterocycles. The van der Waals surface area contributed by atoms with Gasteiger partial charge in [-0.05, 0) is 41.6 Å². The van der Waals surface area contributed by atoms with Gasteiger partial charge in [0.05, 0.1) is 11.4 Å². The maximum absolute atomic E-state index is 12.5. The molecule has 2 aromatic rings. The highest BCUT2D eigenvalue weighted by Gasteiger charge is 2.24. The minimum Gasteiger partial charge on any atom is -0.280 e. The SMILES string of the molecule is [N-]=[N+]=NCC(=O)N1c2ccccc2CCc2ccccc21. The molecule has 2 aromatic carbocycles. The number of aryl methyl sites for hydroxylation is 2. The Kier molecular flexibility index (Phi) is 3.58. The molecule has 21 heavy (non-hydrogen) atoms. The Bertz CT molecular complexity index is 687. The number of amides is 1. The number of fused-ring (bicyclic) bond motifs is 2. The second kappa shape index (κ2) is 5.69. The van der Waals surface area contributed by atoms with E-state index >= 15 is 0 Å². The van der Waals surface area contributed by atoms with Gasteiger partial charge < -0.3 is 0 Å². The van der Waals surface area contributed by atoms with Crippen LogP contribution in [0.25, 0.3) is 10.4 Å². The summed E-state index contributed by atoms with van der Waals surface area (Å²) in [5.74, 6) is -0.213. The maximum Gasteiger partial charge on any atom is 0.237 e. The summed E-state index contributed by atoms with van der Waals surface area (Å²) in [5, 5.41) is 3.41. The minimum absolute atomic E-state index is 0.181. The molecule has 3 rings (SSSR count). The molecule has 0 saturated carbocycles.